The van der Waals surface area contributed by atoms with E-state index in [-0.39, 0.29) is 0 Å². The maximum atomic E-state index is 5.35. The molecule has 0 aromatic heterocycles. The zero-order valence-corrected chi connectivity index (χ0v) is 16.6. The van der Waals surface area contributed by atoms with Gasteiger partial charge < -0.3 is 10.6 Å². The number of anilines is 1. The minimum atomic E-state index is 0.423. The molecule has 0 radical (unpaired) electrons. The minimum Gasteiger partial charge on any atom is -0.358 e. The summed E-state index contributed by atoms with van der Waals surface area (Å²) in [4.78, 5) is 0. The molecule has 126 valence electrons. The third-order valence-corrected chi connectivity index (χ3v) is 5.31. The van der Waals surface area contributed by atoms with E-state index < -0.39 is 0 Å². The Kier molecular flexibility index (Phi) is 7.05. The summed E-state index contributed by atoms with van der Waals surface area (Å²) in [5.74, 6) is 1.35. The van der Waals surface area contributed by atoms with Crippen molar-refractivity contribution in [3.8, 4) is 0 Å². The van der Waals surface area contributed by atoms with E-state index in [4.69, 9.17) is 24.4 Å². The van der Waals surface area contributed by atoms with Gasteiger partial charge in [-0.05, 0) is 60.9 Å². The van der Waals surface area contributed by atoms with Crippen LogP contribution < -0.4 is 21.5 Å². The summed E-state index contributed by atoms with van der Waals surface area (Å²) in [5.41, 5.74) is 6.78. The zero-order chi connectivity index (χ0) is 16.8. The molecule has 23 heavy (non-hydrogen) atoms. The fourth-order valence-electron chi connectivity index (χ4n) is 2.83. The molecule has 0 bridgehead atoms. The Hall–Kier alpha value is -0.920. The second-order valence-corrected chi connectivity index (χ2v) is 7.79. The van der Waals surface area contributed by atoms with E-state index in [0.717, 1.165) is 22.5 Å². The van der Waals surface area contributed by atoms with Crippen molar-refractivity contribution in [3.05, 3.63) is 28.7 Å². The first-order valence-electron chi connectivity index (χ1n) is 7.85. The molecule has 3 atom stereocenters. The van der Waals surface area contributed by atoms with Gasteiger partial charge in [0, 0.05) is 16.2 Å². The van der Waals surface area contributed by atoms with E-state index >= 15 is 0 Å². The van der Waals surface area contributed by atoms with Crippen molar-refractivity contribution in [1.29, 1.82) is 0 Å². The number of thiocarbonyl (C=S) groups is 2. The molecule has 1 aliphatic rings. The van der Waals surface area contributed by atoms with Gasteiger partial charge in [-0.3, -0.25) is 10.9 Å². The highest BCUT2D eigenvalue weighted by molar-refractivity contribution is 9.10. The van der Waals surface area contributed by atoms with Crippen LogP contribution in [0.4, 0.5) is 5.69 Å². The van der Waals surface area contributed by atoms with Gasteiger partial charge in [-0.1, -0.05) is 48.7 Å². The van der Waals surface area contributed by atoms with Crippen LogP contribution in [0.2, 0.25) is 0 Å². The number of hydrogen-bond acceptors (Lipinski definition) is 2. The lowest BCUT2D eigenvalue weighted by Crippen LogP contribution is -2.53. The highest BCUT2D eigenvalue weighted by Gasteiger charge is 2.27. The average molecular weight is 415 g/mol. The summed E-state index contributed by atoms with van der Waals surface area (Å²) in [6, 6.07) is 8.23. The Morgan fingerprint density at radius 1 is 1.13 bits per heavy atom. The van der Waals surface area contributed by atoms with Gasteiger partial charge in [0.1, 0.15) is 0 Å². The fraction of sp³-hybridized carbons (Fsp3) is 0.500. The first-order valence-corrected chi connectivity index (χ1v) is 9.45. The van der Waals surface area contributed by atoms with E-state index in [0.29, 0.717) is 22.2 Å². The molecule has 0 amide bonds. The molecule has 7 heteroatoms. The predicted octanol–water partition coefficient (Wildman–Crippen LogP) is 3.94. The van der Waals surface area contributed by atoms with Gasteiger partial charge in [0.15, 0.2) is 10.2 Å². The molecular weight excluding hydrogens is 392 g/mol. The molecule has 1 fully saturated rings. The van der Waals surface area contributed by atoms with Gasteiger partial charge in [0.05, 0.1) is 0 Å². The smallest absolute Gasteiger partial charge is 0.189 e. The van der Waals surface area contributed by atoms with Crippen LogP contribution in [0.15, 0.2) is 28.7 Å². The van der Waals surface area contributed by atoms with Crippen LogP contribution in [0.1, 0.15) is 33.1 Å². The monoisotopic (exact) mass is 414 g/mol. The van der Waals surface area contributed by atoms with Crippen molar-refractivity contribution in [2.24, 2.45) is 11.8 Å². The van der Waals surface area contributed by atoms with Gasteiger partial charge in [-0.15, -0.1) is 0 Å². The first kappa shape index (κ1) is 18.4. The van der Waals surface area contributed by atoms with E-state index in [1.165, 1.54) is 12.8 Å². The maximum Gasteiger partial charge on any atom is 0.189 e. The standard InChI is InChI=1S/C16H23BrN4S2/c1-10-5-3-8-14(11(10)2)19-16(23)21-20-15(22)18-13-7-4-6-12(17)9-13/h4,6-7,9-11,14H,3,5,8H2,1-2H3,(H2,18,20,22)(H2,19,21,23)/t10-,11-,14+/m1/s1. The van der Waals surface area contributed by atoms with Crippen molar-refractivity contribution < 1.29 is 0 Å². The van der Waals surface area contributed by atoms with Crippen LogP contribution in [-0.2, 0) is 0 Å². The number of rotatable bonds is 2. The lowest BCUT2D eigenvalue weighted by atomic mass is 9.78. The summed E-state index contributed by atoms with van der Waals surface area (Å²) in [5, 5.41) is 7.54. The Morgan fingerprint density at radius 2 is 1.87 bits per heavy atom. The Bertz CT molecular complexity index is 567. The molecule has 1 saturated carbocycles. The van der Waals surface area contributed by atoms with Crippen LogP contribution in [0.3, 0.4) is 0 Å². The minimum absolute atomic E-state index is 0.423. The van der Waals surface area contributed by atoms with Crippen LogP contribution in [0, 0.1) is 11.8 Å². The molecular formula is C16H23BrN4S2. The molecule has 0 unspecified atom stereocenters. The van der Waals surface area contributed by atoms with Gasteiger partial charge in [-0.2, -0.15) is 0 Å². The number of benzene rings is 1. The van der Waals surface area contributed by atoms with E-state index in [2.05, 4.69) is 51.3 Å². The Balaban J connectivity index is 1.74. The molecule has 0 aliphatic heterocycles. The molecule has 4 N–H and O–H groups in total. The summed E-state index contributed by atoms with van der Waals surface area (Å²) in [6.45, 7) is 4.60. The van der Waals surface area contributed by atoms with Crippen LogP contribution in [0.5, 0.6) is 0 Å². The third-order valence-electron chi connectivity index (χ3n) is 4.40. The van der Waals surface area contributed by atoms with Crippen molar-refractivity contribution in [1.82, 2.24) is 16.2 Å². The number of nitrogens with one attached hydrogen (secondary N) is 4. The van der Waals surface area contributed by atoms with E-state index in [1.54, 1.807) is 0 Å². The van der Waals surface area contributed by atoms with Gasteiger partial charge in [-0.25, -0.2) is 0 Å². The quantitative estimate of drug-likeness (QED) is 0.434. The second-order valence-electron chi connectivity index (χ2n) is 6.06. The summed E-state index contributed by atoms with van der Waals surface area (Å²) >= 11 is 14.0. The zero-order valence-electron chi connectivity index (χ0n) is 13.4. The van der Waals surface area contributed by atoms with Gasteiger partial charge >= 0.3 is 0 Å². The summed E-state index contributed by atoms with van der Waals surface area (Å²) < 4.78 is 0.996. The van der Waals surface area contributed by atoms with Crippen molar-refractivity contribution in [2.75, 3.05) is 5.32 Å². The second kappa shape index (κ2) is 8.80. The molecule has 0 heterocycles. The van der Waals surface area contributed by atoms with E-state index in [1.807, 2.05) is 24.3 Å². The summed E-state index contributed by atoms with van der Waals surface area (Å²) in [6.07, 6.45) is 3.72. The lowest BCUT2D eigenvalue weighted by molar-refractivity contribution is 0.224. The molecule has 1 aromatic carbocycles. The largest absolute Gasteiger partial charge is 0.358 e. The lowest BCUT2D eigenvalue weighted by Gasteiger charge is -2.35. The third kappa shape index (κ3) is 5.90. The SMILES string of the molecule is C[C@@H]1[C@H](C)CCC[C@@H]1NC(=S)NNC(=S)Nc1cccc(Br)c1. The van der Waals surface area contributed by atoms with Crippen LogP contribution in [-0.4, -0.2) is 16.3 Å². The molecule has 0 spiro atoms. The normalized spacial score (nSPS) is 23.7. The predicted molar refractivity (Wildman–Crippen MR) is 108 cm³/mol. The van der Waals surface area contributed by atoms with Gasteiger partial charge in [0.2, 0.25) is 0 Å². The summed E-state index contributed by atoms with van der Waals surface area (Å²) in [7, 11) is 0. The van der Waals surface area contributed by atoms with Crippen LogP contribution >= 0.6 is 40.4 Å². The van der Waals surface area contributed by atoms with E-state index in [9.17, 15) is 0 Å². The molecule has 1 aromatic rings. The van der Waals surface area contributed by atoms with Crippen molar-refractivity contribution in [3.63, 3.8) is 0 Å². The molecule has 0 saturated heterocycles. The van der Waals surface area contributed by atoms with Crippen LogP contribution in [0.25, 0.3) is 0 Å². The van der Waals surface area contributed by atoms with Crippen molar-refractivity contribution in [2.45, 2.75) is 39.2 Å². The first-order chi connectivity index (χ1) is 11.0. The molecule has 4 nitrogen and oxygen atoms in total. The van der Waals surface area contributed by atoms with Gasteiger partial charge in [0.25, 0.3) is 0 Å². The average Bonchev–Trinajstić information content (AvgIpc) is 2.50. The number of hydrogen-bond donors (Lipinski definition) is 4. The Labute approximate surface area is 157 Å². The molecule has 2 rings (SSSR count). The maximum absolute atomic E-state index is 5.35. The number of hydrazine groups is 1. The highest BCUT2D eigenvalue weighted by Crippen LogP contribution is 2.29. The van der Waals surface area contributed by atoms with Crippen molar-refractivity contribution >= 4 is 56.3 Å². The molecule has 1 aliphatic carbocycles. The highest BCUT2D eigenvalue weighted by atomic mass is 79.9. The number of halogens is 1. The Morgan fingerprint density at radius 3 is 2.61 bits per heavy atom. The fourth-order valence-corrected chi connectivity index (χ4v) is 3.60. The topological polar surface area (TPSA) is 48.1 Å².